The van der Waals surface area contributed by atoms with Gasteiger partial charge in [-0.15, -0.1) is 85.8 Å². The van der Waals surface area contributed by atoms with Crippen LogP contribution < -0.4 is 0 Å². The van der Waals surface area contributed by atoms with Crippen LogP contribution in [0.3, 0.4) is 0 Å². The molecule has 9 rings (SSSR count). The fourth-order valence-electron chi connectivity index (χ4n) is 10.9. The van der Waals surface area contributed by atoms with Crippen molar-refractivity contribution in [1.82, 2.24) is 0 Å². The standard InChI is InChI=1S/3C23H26.3Y/c1-5-7-10-16(3)20-11-8-12-22-21(20)14-13-19-15-18(9-6-2)17(4)23(19)22;1-5-7-9-16(3)18-10-13-22-20(14-18)11-12-21-17(4)19(8-6-2)15-23(21)22;1-5-7-9-16(3)18-10-11-20-15-23-17(4)19(8-6-2)13-22(23)14-21(20)12-18;;;/h8,12-14H,5-7,9,15H2,1-4H3;10-13H,5-8,15H2,1-4H3;11-12,14-15H,5-8,13H2,1-4H3;;;/q3*-2;;;. The summed E-state index contributed by atoms with van der Waals surface area (Å²) in [5.41, 5.74) is 25.5. The summed E-state index contributed by atoms with van der Waals surface area (Å²) in [6.45, 7) is 26.7. The van der Waals surface area contributed by atoms with E-state index in [1.807, 2.05) is 0 Å². The summed E-state index contributed by atoms with van der Waals surface area (Å²) in [5.74, 6) is 0. The van der Waals surface area contributed by atoms with Crippen LogP contribution in [0.4, 0.5) is 0 Å². The summed E-state index contributed by atoms with van der Waals surface area (Å²) in [5, 5.41) is 7.96. The Bertz CT molecular complexity index is 3000. The first-order valence-electron chi connectivity index (χ1n) is 26.7. The molecule has 6 aromatic carbocycles. The number of allylic oxidation sites excluding steroid dienone is 12. The molecule has 0 atom stereocenters. The molecule has 0 saturated heterocycles. The summed E-state index contributed by atoms with van der Waals surface area (Å²) in [4.78, 5) is 0. The third kappa shape index (κ3) is 14.5. The van der Waals surface area contributed by atoms with Gasteiger partial charge in [0.05, 0.1) is 0 Å². The monoisotopic (exact) mass is 1170 g/mol. The minimum Gasteiger partial charge on any atom is -0.324 e. The van der Waals surface area contributed by atoms with Gasteiger partial charge in [-0.25, -0.2) is 30.3 Å². The van der Waals surface area contributed by atoms with Gasteiger partial charge >= 0.3 is 0 Å². The Balaban J connectivity index is 0.000000230. The van der Waals surface area contributed by atoms with Crippen LogP contribution in [0, 0.1) is 36.4 Å². The Labute approximate surface area is 513 Å². The van der Waals surface area contributed by atoms with Gasteiger partial charge in [-0.05, 0) is 104 Å². The van der Waals surface area contributed by atoms with Crippen molar-refractivity contribution in [2.24, 2.45) is 0 Å². The Hall–Kier alpha value is -2.15. The van der Waals surface area contributed by atoms with E-state index in [1.54, 1.807) is 16.7 Å². The van der Waals surface area contributed by atoms with Gasteiger partial charge in [0, 0.05) is 98.1 Å². The minimum absolute atomic E-state index is 0. The molecule has 0 heterocycles. The van der Waals surface area contributed by atoms with Gasteiger partial charge in [-0.3, -0.25) is 16.7 Å². The van der Waals surface area contributed by atoms with Crippen LogP contribution in [0.5, 0.6) is 0 Å². The molecule has 0 aliphatic heterocycles. The van der Waals surface area contributed by atoms with Gasteiger partial charge in [0.15, 0.2) is 0 Å². The normalized spacial score (nSPS) is 14.1. The van der Waals surface area contributed by atoms with E-state index in [0.29, 0.717) is 0 Å². The van der Waals surface area contributed by atoms with Crippen molar-refractivity contribution in [3.05, 3.63) is 176 Å². The van der Waals surface area contributed by atoms with Crippen molar-refractivity contribution in [2.45, 2.75) is 179 Å². The van der Waals surface area contributed by atoms with Crippen LogP contribution in [0.1, 0.15) is 210 Å². The predicted molar refractivity (Wildman–Crippen MR) is 304 cm³/mol. The van der Waals surface area contributed by atoms with E-state index in [4.69, 9.17) is 0 Å². The first-order valence-corrected chi connectivity index (χ1v) is 26.7. The molecule has 72 heavy (non-hydrogen) atoms. The Morgan fingerprint density at radius 1 is 0.486 bits per heavy atom. The van der Waals surface area contributed by atoms with Gasteiger partial charge in [-0.2, -0.15) is 17.5 Å². The number of hydrogen-bond donors (Lipinski definition) is 0. The van der Waals surface area contributed by atoms with Crippen LogP contribution in [0.25, 0.3) is 65.8 Å². The molecule has 0 N–H and O–H groups in total. The summed E-state index contributed by atoms with van der Waals surface area (Å²) in [7, 11) is 0. The molecule has 3 heteroatoms. The zero-order valence-electron chi connectivity index (χ0n) is 46.3. The molecule has 0 amide bonds. The first-order chi connectivity index (χ1) is 33.5. The molecule has 3 aliphatic rings. The van der Waals surface area contributed by atoms with Crippen LogP contribution in [0.15, 0.2) is 89.5 Å². The van der Waals surface area contributed by atoms with E-state index in [-0.39, 0.29) is 98.1 Å². The topological polar surface area (TPSA) is 0 Å². The van der Waals surface area contributed by atoms with Crippen LogP contribution in [-0.2, 0) is 117 Å². The molecule has 0 bridgehead atoms. The third-order valence-corrected chi connectivity index (χ3v) is 14.8. The van der Waals surface area contributed by atoms with Crippen molar-refractivity contribution in [1.29, 1.82) is 0 Å². The average molecular weight is 1170 g/mol. The maximum Gasteiger partial charge on any atom is 0 e. The first kappa shape index (κ1) is 62.4. The van der Waals surface area contributed by atoms with Gasteiger partial charge in [0.2, 0.25) is 0 Å². The number of hydrogen-bond acceptors (Lipinski definition) is 0. The zero-order chi connectivity index (χ0) is 49.2. The van der Waals surface area contributed by atoms with Crippen molar-refractivity contribution in [2.75, 3.05) is 0 Å². The molecule has 0 saturated carbocycles. The molecular weight excluding hydrogens is 1100 g/mol. The number of benzene rings is 6. The van der Waals surface area contributed by atoms with Crippen LogP contribution >= 0.6 is 0 Å². The van der Waals surface area contributed by atoms with Gasteiger partial charge in [-0.1, -0.05) is 132 Å². The van der Waals surface area contributed by atoms with E-state index in [9.17, 15) is 0 Å². The average Bonchev–Trinajstić information content (AvgIpc) is 3.98. The second-order valence-corrected chi connectivity index (χ2v) is 19.9. The smallest absolute Gasteiger partial charge is 0 e. The maximum absolute atomic E-state index is 3.61. The molecule has 0 nitrogen and oxygen atoms in total. The molecule has 0 spiro atoms. The minimum atomic E-state index is 0. The summed E-state index contributed by atoms with van der Waals surface area (Å²) >= 11 is 0. The molecule has 6 aromatic rings. The van der Waals surface area contributed by atoms with Crippen molar-refractivity contribution < 1.29 is 98.1 Å². The van der Waals surface area contributed by atoms with Crippen LogP contribution in [-0.4, -0.2) is 0 Å². The Morgan fingerprint density at radius 3 is 1.69 bits per heavy atom. The predicted octanol–water partition coefficient (Wildman–Crippen LogP) is 20.3. The molecular formula is C69H78Y3-6. The molecule has 3 radical (unpaired) electrons. The van der Waals surface area contributed by atoms with Gasteiger partial charge in [0.25, 0.3) is 0 Å². The van der Waals surface area contributed by atoms with Gasteiger partial charge < -0.3 is 34.9 Å². The quantitative estimate of drug-likeness (QED) is 0.0899. The van der Waals surface area contributed by atoms with E-state index in [0.717, 1.165) is 57.8 Å². The van der Waals surface area contributed by atoms with Gasteiger partial charge in [0.1, 0.15) is 0 Å². The number of fused-ring (bicyclic) bond motifs is 8. The second-order valence-electron chi connectivity index (χ2n) is 19.9. The number of unbranched alkanes of at least 4 members (excludes halogenated alkanes) is 3. The zero-order valence-corrected chi connectivity index (χ0v) is 54.8. The fourth-order valence-corrected chi connectivity index (χ4v) is 10.9. The Kier molecular flexibility index (Phi) is 26.0. The maximum atomic E-state index is 3.61. The molecule has 369 valence electrons. The number of rotatable bonds is 15. The fraction of sp³-hybridized carbons (Fsp3) is 0.391. The van der Waals surface area contributed by atoms with Crippen molar-refractivity contribution >= 4 is 65.8 Å². The Morgan fingerprint density at radius 2 is 1.06 bits per heavy atom. The molecule has 0 unspecified atom stereocenters. The van der Waals surface area contributed by atoms with E-state index in [1.165, 1.54) is 154 Å². The molecule has 3 aliphatic carbocycles. The SMILES string of the molecule is CCC[C-]=C(C)c1[c-]c2ccc3c(c2cc1)CC(CCC)=C3C.CCC[C-]=C(C)c1[c-]cc2cc3c(cc2c1)CC(CCC)=C3C.CCC[C-]=C(C)c1[c-]ccc2c3c(ccc12)CC(CCC)=C3C.[Y].[Y].[Y]. The van der Waals surface area contributed by atoms with Crippen molar-refractivity contribution in [3.63, 3.8) is 0 Å². The summed E-state index contributed by atoms with van der Waals surface area (Å²) < 4.78 is 0. The van der Waals surface area contributed by atoms with Crippen molar-refractivity contribution in [3.8, 4) is 0 Å². The molecule has 0 fully saturated rings. The summed E-state index contributed by atoms with van der Waals surface area (Å²) in [6, 6.07) is 37.7. The second kappa shape index (κ2) is 30.0. The van der Waals surface area contributed by atoms with Crippen LogP contribution in [0.2, 0.25) is 0 Å². The molecule has 0 aromatic heterocycles. The third-order valence-electron chi connectivity index (χ3n) is 14.8. The largest absolute Gasteiger partial charge is 0.324 e. The summed E-state index contributed by atoms with van der Waals surface area (Å²) in [6.07, 6.45) is 27.7. The van der Waals surface area contributed by atoms with E-state index in [2.05, 4.69) is 192 Å². The van der Waals surface area contributed by atoms with E-state index >= 15 is 0 Å². The van der Waals surface area contributed by atoms with E-state index < -0.39 is 0 Å².